The summed E-state index contributed by atoms with van der Waals surface area (Å²) in [6.07, 6.45) is 2.61. The number of methoxy groups -OCH3 is 1. The number of aromatic nitrogens is 1. The molecule has 2 unspecified atom stereocenters. The number of carboxylic acids is 1. The number of rotatable bonds is 5. The van der Waals surface area contributed by atoms with Gasteiger partial charge in [-0.1, -0.05) is 24.6 Å². The zero-order valence-corrected chi connectivity index (χ0v) is 14.7. The van der Waals surface area contributed by atoms with E-state index in [0.29, 0.717) is 6.42 Å². The molecule has 5 nitrogen and oxygen atoms in total. The smallest absolute Gasteiger partial charge is 0.320 e. The predicted octanol–water partition coefficient (Wildman–Crippen LogP) is 3.43. The molecule has 1 aromatic carbocycles. The fraction of sp³-hybridized carbons (Fsp3) is 0.400. The van der Waals surface area contributed by atoms with Crippen LogP contribution in [0.25, 0.3) is 0 Å². The third-order valence-corrected chi connectivity index (χ3v) is 4.76. The van der Waals surface area contributed by atoms with E-state index < -0.39 is 12.0 Å². The average Bonchev–Trinajstić information content (AvgIpc) is 2.62. The summed E-state index contributed by atoms with van der Waals surface area (Å²) in [5, 5.41) is 9.72. The lowest BCUT2D eigenvalue weighted by Gasteiger charge is -2.39. The van der Waals surface area contributed by atoms with Crippen molar-refractivity contribution in [3.8, 4) is 5.75 Å². The van der Waals surface area contributed by atoms with E-state index in [2.05, 4.69) is 4.90 Å². The Hall–Kier alpha value is -2.40. The van der Waals surface area contributed by atoms with Crippen molar-refractivity contribution < 1.29 is 14.6 Å². The van der Waals surface area contributed by atoms with Gasteiger partial charge in [-0.2, -0.15) is 0 Å². The SMILES string of the molecule is COc1cccc(C(c2cccc(C)n2)N2CCCCC2C(=O)O)c1. The molecule has 0 bridgehead atoms. The molecular weight excluding hydrogens is 316 g/mol. The van der Waals surface area contributed by atoms with Gasteiger partial charge in [-0.3, -0.25) is 14.7 Å². The van der Waals surface area contributed by atoms with Crippen molar-refractivity contribution >= 4 is 5.97 Å². The molecule has 2 atom stereocenters. The highest BCUT2D eigenvalue weighted by atomic mass is 16.5. The minimum absolute atomic E-state index is 0.198. The Morgan fingerprint density at radius 2 is 2.08 bits per heavy atom. The van der Waals surface area contributed by atoms with Crippen LogP contribution in [0.2, 0.25) is 0 Å². The Morgan fingerprint density at radius 1 is 1.28 bits per heavy atom. The van der Waals surface area contributed by atoms with Gasteiger partial charge < -0.3 is 9.84 Å². The highest BCUT2D eigenvalue weighted by molar-refractivity contribution is 5.73. The van der Waals surface area contributed by atoms with Gasteiger partial charge in [0.1, 0.15) is 11.8 Å². The molecule has 1 fully saturated rings. The second-order valence-corrected chi connectivity index (χ2v) is 6.47. The van der Waals surface area contributed by atoms with Crippen LogP contribution in [0, 0.1) is 6.92 Å². The Labute approximate surface area is 148 Å². The van der Waals surface area contributed by atoms with Crippen LogP contribution in [0.15, 0.2) is 42.5 Å². The topological polar surface area (TPSA) is 62.7 Å². The molecule has 3 rings (SSSR count). The lowest BCUT2D eigenvalue weighted by atomic mass is 9.94. The van der Waals surface area contributed by atoms with E-state index in [1.807, 2.05) is 49.4 Å². The number of ether oxygens (including phenoxy) is 1. The molecule has 1 aromatic heterocycles. The van der Waals surface area contributed by atoms with E-state index in [9.17, 15) is 9.90 Å². The van der Waals surface area contributed by atoms with Crippen LogP contribution < -0.4 is 4.74 Å². The minimum atomic E-state index is -0.764. The number of carboxylic acid groups (broad SMARTS) is 1. The van der Waals surface area contributed by atoms with Crippen LogP contribution in [-0.4, -0.2) is 40.7 Å². The largest absolute Gasteiger partial charge is 0.497 e. The molecule has 1 saturated heterocycles. The number of likely N-dealkylation sites (tertiary alicyclic amines) is 1. The molecule has 0 amide bonds. The molecular formula is C20H24N2O3. The molecule has 25 heavy (non-hydrogen) atoms. The Morgan fingerprint density at radius 3 is 2.80 bits per heavy atom. The van der Waals surface area contributed by atoms with Crippen molar-refractivity contribution in [3.63, 3.8) is 0 Å². The maximum Gasteiger partial charge on any atom is 0.320 e. The van der Waals surface area contributed by atoms with Gasteiger partial charge in [0.05, 0.1) is 18.8 Å². The molecule has 2 heterocycles. The fourth-order valence-corrected chi connectivity index (χ4v) is 3.59. The van der Waals surface area contributed by atoms with Crippen molar-refractivity contribution in [2.45, 2.75) is 38.3 Å². The molecule has 132 valence electrons. The number of aliphatic carboxylic acids is 1. The summed E-state index contributed by atoms with van der Waals surface area (Å²) in [6.45, 7) is 2.70. The van der Waals surface area contributed by atoms with Gasteiger partial charge in [0.2, 0.25) is 0 Å². The first-order chi connectivity index (χ1) is 12.1. The summed E-state index contributed by atoms with van der Waals surface area (Å²) < 4.78 is 5.37. The lowest BCUT2D eigenvalue weighted by Crippen LogP contribution is -2.47. The monoisotopic (exact) mass is 340 g/mol. The second kappa shape index (κ2) is 7.66. The van der Waals surface area contributed by atoms with Gasteiger partial charge in [-0.15, -0.1) is 0 Å². The zero-order chi connectivity index (χ0) is 17.8. The maximum atomic E-state index is 11.8. The maximum absolute atomic E-state index is 11.8. The van der Waals surface area contributed by atoms with Gasteiger partial charge >= 0.3 is 5.97 Å². The van der Waals surface area contributed by atoms with E-state index >= 15 is 0 Å². The number of pyridine rings is 1. The number of carbonyl (C=O) groups is 1. The number of benzene rings is 1. The normalized spacial score (nSPS) is 19.4. The van der Waals surface area contributed by atoms with Gasteiger partial charge in [0.25, 0.3) is 0 Å². The minimum Gasteiger partial charge on any atom is -0.497 e. The van der Waals surface area contributed by atoms with Crippen LogP contribution in [0.5, 0.6) is 5.75 Å². The van der Waals surface area contributed by atoms with Crippen molar-refractivity contribution in [1.82, 2.24) is 9.88 Å². The molecule has 2 aromatic rings. The Balaban J connectivity index is 2.09. The third kappa shape index (κ3) is 3.82. The fourth-order valence-electron chi connectivity index (χ4n) is 3.59. The quantitative estimate of drug-likeness (QED) is 0.903. The molecule has 5 heteroatoms. The molecule has 0 aliphatic carbocycles. The zero-order valence-electron chi connectivity index (χ0n) is 14.7. The van der Waals surface area contributed by atoms with E-state index in [1.54, 1.807) is 7.11 Å². The highest BCUT2D eigenvalue weighted by Crippen LogP contribution is 2.34. The van der Waals surface area contributed by atoms with Crippen LogP contribution in [-0.2, 0) is 4.79 Å². The summed E-state index contributed by atoms with van der Waals surface area (Å²) in [7, 11) is 1.64. The van der Waals surface area contributed by atoms with Crippen LogP contribution >= 0.6 is 0 Å². The second-order valence-electron chi connectivity index (χ2n) is 6.47. The van der Waals surface area contributed by atoms with Crippen molar-refractivity contribution in [2.75, 3.05) is 13.7 Å². The van der Waals surface area contributed by atoms with Crippen LogP contribution in [0.1, 0.15) is 42.3 Å². The number of piperidine rings is 1. The summed E-state index contributed by atoms with van der Waals surface area (Å²) >= 11 is 0. The van der Waals surface area contributed by atoms with Crippen LogP contribution in [0.4, 0.5) is 0 Å². The first-order valence-corrected chi connectivity index (χ1v) is 8.66. The average molecular weight is 340 g/mol. The molecule has 0 saturated carbocycles. The Kier molecular flexibility index (Phi) is 5.34. The summed E-state index contributed by atoms with van der Waals surface area (Å²) in [5.41, 5.74) is 2.81. The van der Waals surface area contributed by atoms with E-state index in [1.165, 1.54) is 0 Å². The Bertz CT molecular complexity index is 747. The van der Waals surface area contributed by atoms with Gasteiger partial charge in [-0.05, 0) is 56.1 Å². The van der Waals surface area contributed by atoms with Gasteiger partial charge in [-0.25, -0.2) is 0 Å². The lowest BCUT2D eigenvalue weighted by molar-refractivity contribution is -0.145. The van der Waals surface area contributed by atoms with Gasteiger partial charge in [0.15, 0.2) is 0 Å². The molecule has 0 spiro atoms. The number of nitrogens with zero attached hydrogens (tertiary/aromatic N) is 2. The number of hydrogen-bond acceptors (Lipinski definition) is 4. The van der Waals surface area contributed by atoms with Crippen LogP contribution in [0.3, 0.4) is 0 Å². The van der Waals surface area contributed by atoms with E-state index in [-0.39, 0.29) is 6.04 Å². The van der Waals surface area contributed by atoms with Gasteiger partial charge in [0, 0.05) is 5.69 Å². The summed E-state index contributed by atoms with van der Waals surface area (Å²) in [6, 6.07) is 13.0. The number of hydrogen-bond donors (Lipinski definition) is 1. The van der Waals surface area contributed by atoms with E-state index in [0.717, 1.165) is 42.1 Å². The van der Waals surface area contributed by atoms with Crippen molar-refractivity contribution in [1.29, 1.82) is 0 Å². The summed E-state index contributed by atoms with van der Waals surface area (Å²) in [4.78, 5) is 18.6. The third-order valence-electron chi connectivity index (χ3n) is 4.76. The first kappa shape index (κ1) is 17.4. The molecule has 1 aliphatic heterocycles. The molecule has 1 N–H and O–H groups in total. The standard InChI is InChI=1S/C20H24N2O3/c1-14-7-5-10-17(21-14)19(15-8-6-9-16(13-15)25-2)22-12-4-3-11-18(22)20(23)24/h5-10,13,18-19H,3-4,11-12H2,1-2H3,(H,23,24). The molecule has 1 aliphatic rings. The summed E-state index contributed by atoms with van der Waals surface area (Å²) in [5.74, 6) is -0.000660. The molecule has 0 radical (unpaired) electrons. The van der Waals surface area contributed by atoms with Crippen molar-refractivity contribution in [3.05, 3.63) is 59.4 Å². The highest BCUT2D eigenvalue weighted by Gasteiger charge is 2.35. The van der Waals surface area contributed by atoms with E-state index in [4.69, 9.17) is 9.72 Å². The van der Waals surface area contributed by atoms with Crippen molar-refractivity contribution in [2.24, 2.45) is 0 Å². The first-order valence-electron chi connectivity index (χ1n) is 8.66. The number of aryl methyl sites for hydroxylation is 1. The predicted molar refractivity (Wildman–Crippen MR) is 95.8 cm³/mol.